The van der Waals surface area contributed by atoms with Crippen LogP contribution in [0.2, 0.25) is 0 Å². The number of hydrogen-bond donors (Lipinski definition) is 1. The van der Waals surface area contributed by atoms with Gasteiger partial charge >= 0.3 is 0 Å². The van der Waals surface area contributed by atoms with Gasteiger partial charge in [0.2, 0.25) is 0 Å². The Morgan fingerprint density at radius 1 is 1.10 bits per heavy atom. The van der Waals surface area contributed by atoms with E-state index in [4.69, 9.17) is 4.42 Å². The number of benzene rings is 1. The Balaban J connectivity index is 2.53. The van der Waals surface area contributed by atoms with Crippen LogP contribution in [0.15, 0.2) is 22.6 Å². The first-order chi connectivity index (χ1) is 9.45. The van der Waals surface area contributed by atoms with Crippen LogP contribution in [0.1, 0.15) is 41.2 Å². The predicted molar refractivity (Wildman–Crippen MR) is 74.8 cm³/mol. The minimum atomic E-state index is -0.833. The number of nitrogens with one attached hydrogen (secondary N) is 1. The highest BCUT2D eigenvalue weighted by Crippen LogP contribution is 2.32. The summed E-state index contributed by atoms with van der Waals surface area (Å²) in [7, 11) is 0. The van der Waals surface area contributed by atoms with Crippen molar-refractivity contribution < 1.29 is 13.2 Å². The summed E-state index contributed by atoms with van der Waals surface area (Å²) < 4.78 is 32.2. The number of halogens is 2. The van der Waals surface area contributed by atoms with Crippen molar-refractivity contribution in [2.45, 2.75) is 33.7 Å². The second kappa shape index (κ2) is 5.75. The summed E-state index contributed by atoms with van der Waals surface area (Å²) >= 11 is 0. The van der Waals surface area contributed by atoms with E-state index >= 15 is 0 Å². The maximum absolute atomic E-state index is 13.5. The molecule has 108 valence electrons. The molecule has 2 nitrogen and oxygen atoms in total. The van der Waals surface area contributed by atoms with Gasteiger partial charge in [0.1, 0.15) is 11.5 Å². The molecule has 0 aliphatic rings. The number of furan rings is 1. The first-order valence-corrected chi connectivity index (χ1v) is 6.70. The van der Waals surface area contributed by atoms with Gasteiger partial charge in [-0.05, 0) is 50.6 Å². The van der Waals surface area contributed by atoms with E-state index in [9.17, 15) is 8.78 Å². The smallest absolute Gasteiger partial charge is 0.159 e. The quantitative estimate of drug-likeness (QED) is 0.908. The van der Waals surface area contributed by atoms with E-state index in [1.165, 1.54) is 6.07 Å². The van der Waals surface area contributed by atoms with Gasteiger partial charge in [0.05, 0.1) is 6.04 Å². The van der Waals surface area contributed by atoms with Gasteiger partial charge in [0.25, 0.3) is 0 Å². The fourth-order valence-electron chi connectivity index (χ4n) is 2.52. The molecular weight excluding hydrogens is 260 g/mol. The molecule has 1 N–H and O–H groups in total. The van der Waals surface area contributed by atoms with Gasteiger partial charge < -0.3 is 9.73 Å². The van der Waals surface area contributed by atoms with Crippen molar-refractivity contribution in [2.24, 2.45) is 0 Å². The van der Waals surface area contributed by atoms with E-state index in [1.807, 2.05) is 27.7 Å². The molecular formula is C16H19F2NO. The molecule has 1 unspecified atom stereocenters. The standard InChI is InChI=1S/C16H19F2NO/c1-5-19-16(12-6-7-13(17)14(18)8-12)15-9(2)10(3)20-11(15)4/h6-8,16,19H,5H2,1-4H3. The van der Waals surface area contributed by atoms with Gasteiger partial charge in [-0.15, -0.1) is 0 Å². The molecule has 2 aromatic rings. The Bertz CT molecular complexity index is 619. The molecule has 1 aromatic heterocycles. The molecule has 0 bridgehead atoms. The van der Waals surface area contributed by atoms with E-state index in [2.05, 4.69) is 5.32 Å². The Morgan fingerprint density at radius 2 is 1.80 bits per heavy atom. The topological polar surface area (TPSA) is 25.2 Å². The van der Waals surface area contributed by atoms with Crippen molar-refractivity contribution in [3.63, 3.8) is 0 Å². The van der Waals surface area contributed by atoms with E-state index in [-0.39, 0.29) is 6.04 Å². The summed E-state index contributed by atoms with van der Waals surface area (Å²) in [5, 5.41) is 3.31. The van der Waals surface area contributed by atoms with Crippen molar-refractivity contribution in [1.29, 1.82) is 0 Å². The van der Waals surface area contributed by atoms with Crippen LogP contribution >= 0.6 is 0 Å². The zero-order valence-electron chi connectivity index (χ0n) is 12.2. The van der Waals surface area contributed by atoms with Gasteiger partial charge in [0, 0.05) is 5.56 Å². The summed E-state index contributed by atoms with van der Waals surface area (Å²) in [4.78, 5) is 0. The van der Waals surface area contributed by atoms with Crippen molar-refractivity contribution in [2.75, 3.05) is 6.54 Å². The average molecular weight is 279 g/mol. The molecule has 1 aromatic carbocycles. The third kappa shape index (κ3) is 2.61. The Hall–Kier alpha value is -1.68. The maximum Gasteiger partial charge on any atom is 0.159 e. The van der Waals surface area contributed by atoms with Crippen LogP contribution < -0.4 is 5.32 Å². The van der Waals surface area contributed by atoms with Crippen LogP contribution in [0.5, 0.6) is 0 Å². The molecule has 0 saturated carbocycles. The zero-order chi connectivity index (χ0) is 14.9. The van der Waals surface area contributed by atoms with Crippen LogP contribution in [-0.4, -0.2) is 6.54 Å². The van der Waals surface area contributed by atoms with Crippen molar-refractivity contribution >= 4 is 0 Å². The highest BCUT2D eigenvalue weighted by molar-refractivity contribution is 5.40. The zero-order valence-corrected chi connectivity index (χ0v) is 12.2. The summed E-state index contributed by atoms with van der Waals surface area (Å²) in [6.07, 6.45) is 0. The lowest BCUT2D eigenvalue weighted by atomic mass is 9.95. The molecule has 2 rings (SSSR count). The SMILES string of the molecule is CCNC(c1ccc(F)c(F)c1)c1c(C)oc(C)c1C. The van der Waals surface area contributed by atoms with Crippen LogP contribution in [0.4, 0.5) is 8.78 Å². The molecule has 0 aliphatic carbocycles. The average Bonchev–Trinajstić information content (AvgIpc) is 2.65. The van der Waals surface area contributed by atoms with Crippen molar-refractivity contribution in [3.05, 3.63) is 58.0 Å². The summed E-state index contributed by atoms with van der Waals surface area (Å²) in [5.41, 5.74) is 2.73. The highest BCUT2D eigenvalue weighted by atomic mass is 19.2. The molecule has 4 heteroatoms. The lowest BCUT2D eigenvalue weighted by Gasteiger charge is -2.19. The largest absolute Gasteiger partial charge is 0.466 e. The first kappa shape index (κ1) is 14.7. The molecule has 20 heavy (non-hydrogen) atoms. The van der Waals surface area contributed by atoms with Gasteiger partial charge in [-0.1, -0.05) is 13.0 Å². The van der Waals surface area contributed by atoms with E-state index < -0.39 is 11.6 Å². The minimum Gasteiger partial charge on any atom is -0.466 e. The number of aryl methyl sites for hydroxylation is 2. The molecule has 1 heterocycles. The molecule has 1 atom stereocenters. The van der Waals surface area contributed by atoms with Crippen LogP contribution in [0.25, 0.3) is 0 Å². The number of hydrogen-bond acceptors (Lipinski definition) is 2. The monoisotopic (exact) mass is 279 g/mol. The fraction of sp³-hybridized carbons (Fsp3) is 0.375. The molecule has 0 radical (unpaired) electrons. The van der Waals surface area contributed by atoms with Crippen LogP contribution in [0, 0.1) is 32.4 Å². The molecule has 0 amide bonds. The first-order valence-electron chi connectivity index (χ1n) is 6.70. The normalized spacial score (nSPS) is 12.7. The Morgan fingerprint density at radius 3 is 2.30 bits per heavy atom. The summed E-state index contributed by atoms with van der Waals surface area (Å²) in [6.45, 7) is 8.46. The Kier molecular flexibility index (Phi) is 4.23. The van der Waals surface area contributed by atoms with Crippen molar-refractivity contribution in [3.8, 4) is 0 Å². The van der Waals surface area contributed by atoms with E-state index in [0.717, 1.165) is 28.7 Å². The maximum atomic E-state index is 13.5. The lowest BCUT2D eigenvalue weighted by Crippen LogP contribution is -2.23. The lowest BCUT2D eigenvalue weighted by molar-refractivity contribution is 0.491. The molecule has 0 aliphatic heterocycles. The van der Waals surface area contributed by atoms with E-state index in [0.29, 0.717) is 12.1 Å². The molecule has 0 fully saturated rings. The van der Waals surface area contributed by atoms with Gasteiger partial charge in [-0.2, -0.15) is 0 Å². The second-order valence-corrected chi connectivity index (χ2v) is 4.92. The predicted octanol–water partition coefficient (Wildman–Crippen LogP) is 4.18. The van der Waals surface area contributed by atoms with E-state index in [1.54, 1.807) is 6.07 Å². The van der Waals surface area contributed by atoms with Crippen molar-refractivity contribution in [1.82, 2.24) is 5.32 Å². The van der Waals surface area contributed by atoms with Gasteiger partial charge in [0.15, 0.2) is 11.6 Å². The molecule has 0 spiro atoms. The minimum absolute atomic E-state index is 0.201. The van der Waals surface area contributed by atoms with Crippen LogP contribution in [0.3, 0.4) is 0 Å². The fourth-order valence-corrected chi connectivity index (χ4v) is 2.52. The second-order valence-electron chi connectivity index (χ2n) is 4.92. The van der Waals surface area contributed by atoms with Crippen LogP contribution in [-0.2, 0) is 0 Å². The number of rotatable bonds is 4. The summed E-state index contributed by atoms with van der Waals surface area (Å²) in [5.74, 6) is -0.0135. The van der Waals surface area contributed by atoms with Gasteiger partial charge in [-0.3, -0.25) is 0 Å². The molecule has 0 saturated heterocycles. The third-order valence-electron chi connectivity index (χ3n) is 3.59. The highest BCUT2D eigenvalue weighted by Gasteiger charge is 2.22. The summed E-state index contributed by atoms with van der Waals surface area (Å²) in [6, 6.07) is 3.80. The third-order valence-corrected chi connectivity index (χ3v) is 3.59. The Labute approximate surface area is 117 Å². The van der Waals surface area contributed by atoms with Gasteiger partial charge in [-0.25, -0.2) is 8.78 Å².